The van der Waals surface area contributed by atoms with Crippen LogP contribution in [0.3, 0.4) is 0 Å². The second kappa shape index (κ2) is 4.53. The second-order valence-electron chi connectivity index (χ2n) is 2.65. The van der Waals surface area contributed by atoms with E-state index in [1.807, 2.05) is 0 Å². The Morgan fingerprint density at radius 2 is 1.86 bits per heavy atom. The average molecular weight is 234 g/mol. The fraction of sp³-hybridized carbons (Fsp3) is 0.222. The lowest BCUT2D eigenvalue weighted by Crippen LogP contribution is -2.28. The van der Waals surface area contributed by atoms with Crippen LogP contribution < -0.4 is 4.90 Å². The van der Waals surface area contributed by atoms with E-state index in [-0.39, 0.29) is 0 Å². The molecule has 1 aromatic carbocycles. The number of benzene rings is 1. The summed E-state index contributed by atoms with van der Waals surface area (Å²) in [6.07, 6.45) is -1.02. The highest BCUT2D eigenvalue weighted by Crippen LogP contribution is 2.25. The first-order valence-electron chi connectivity index (χ1n) is 4.01. The summed E-state index contributed by atoms with van der Waals surface area (Å²) in [7, 11) is 0. The number of anilines is 1. The first kappa shape index (κ1) is 11.1. The van der Waals surface area contributed by atoms with Crippen molar-refractivity contribution in [2.24, 2.45) is 0 Å². The van der Waals surface area contributed by atoms with Gasteiger partial charge in [-0.25, -0.2) is 4.79 Å². The van der Waals surface area contributed by atoms with Gasteiger partial charge in [-0.1, -0.05) is 23.2 Å². The zero-order valence-corrected chi connectivity index (χ0v) is 9.01. The standard InChI is InChI=1S/C9H9Cl2NO2/c1-2-12(9(13)14)8-4-6(10)3-7(11)5-8/h3-5H,2H2,1H3,(H,13,14). The molecule has 1 amide bonds. The maximum absolute atomic E-state index is 10.8. The normalized spacial score (nSPS) is 9.93. The molecule has 0 saturated carbocycles. The molecular weight excluding hydrogens is 225 g/mol. The second-order valence-corrected chi connectivity index (χ2v) is 3.53. The van der Waals surface area contributed by atoms with Crippen LogP contribution in [0.15, 0.2) is 18.2 Å². The highest BCUT2D eigenvalue weighted by atomic mass is 35.5. The minimum absolute atomic E-state index is 0.353. The molecule has 3 nitrogen and oxygen atoms in total. The third-order valence-electron chi connectivity index (χ3n) is 1.71. The van der Waals surface area contributed by atoms with Crippen molar-refractivity contribution >= 4 is 35.0 Å². The van der Waals surface area contributed by atoms with Crippen LogP contribution in [0, 0.1) is 0 Å². The molecule has 5 heteroatoms. The van der Waals surface area contributed by atoms with Crippen molar-refractivity contribution in [3.05, 3.63) is 28.2 Å². The maximum atomic E-state index is 10.8. The van der Waals surface area contributed by atoms with Crippen molar-refractivity contribution in [1.82, 2.24) is 0 Å². The van der Waals surface area contributed by atoms with Crippen molar-refractivity contribution in [2.45, 2.75) is 6.92 Å². The summed E-state index contributed by atoms with van der Waals surface area (Å²) in [5, 5.41) is 9.69. The van der Waals surface area contributed by atoms with Crippen LogP contribution in [0.2, 0.25) is 10.0 Å². The number of carbonyl (C=O) groups is 1. The number of carboxylic acid groups (broad SMARTS) is 1. The Kier molecular flexibility index (Phi) is 3.61. The molecule has 0 aliphatic heterocycles. The number of nitrogens with zero attached hydrogens (tertiary/aromatic N) is 1. The van der Waals surface area contributed by atoms with Gasteiger partial charge in [0, 0.05) is 22.3 Å². The molecule has 0 aliphatic rings. The smallest absolute Gasteiger partial charge is 0.411 e. The van der Waals surface area contributed by atoms with Gasteiger partial charge in [0.1, 0.15) is 0 Å². The molecule has 0 radical (unpaired) electrons. The number of amides is 1. The number of rotatable bonds is 2. The van der Waals surface area contributed by atoms with Crippen LogP contribution in [0.4, 0.5) is 10.5 Å². The van der Waals surface area contributed by atoms with Gasteiger partial charge in [0.2, 0.25) is 0 Å². The Balaban J connectivity index is 3.10. The molecule has 0 aliphatic carbocycles. The van der Waals surface area contributed by atoms with Gasteiger partial charge in [-0.3, -0.25) is 4.90 Å². The molecule has 76 valence electrons. The first-order chi connectivity index (χ1) is 6.54. The van der Waals surface area contributed by atoms with Crippen LogP contribution >= 0.6 is 23.2 Å². The number of halogens is 2. The summed E-state index contributed by atoms with van der Waals surface area (Å²) in [5.74, 6) is 0. The zero-order valence-electron chi connectivity index (χ0n) is 7.50. The van der Waals surface area contributed by atoms with Gasteiger partial charge in [0.15, 0.2) is 0 Å². The van der Waals surface area contributed by atoms with Gasteiger partial charge in [-0.15, -0.1) is 0 Å². The Morgan fingerprint density at radius 1 is 1.36 bits per heavy atom. The van der Waals surface area contributed by atoms with Crippen molar-refractivity contribution in [3.63, 3.8) is 0 Å². The fourth-order valence-corrected chi connectivity index (χ4v) is 1.64. The molecule has 1 N–H and O–H groups in total. The third-order valence-corrected chi connectivity index (χ3v) is 2.14. The van der Waals surface area contributed by atoms with E-state index in [0.717, 1.165) is 4.90 Å². The summed E-state index contributed by atoms with van der Waals surface area (Å²) >= 11 is 11.5. The van der Waals surface area contributed by atoms with Crippen molar-refractivity contribution in [3.8, 4) is 0 Å². The minimum Gasteiger partial charge on any atom is -0.465 e. The molecule has 0 fully saturated rings. The Morgan fingerprint density at radius 3 is 2.21 bits per heavy atom. The predicted octanol–water partition coefficient (Wildman–Crippen LogP) is 3.50. The van der Waals surface area contributed by atoms with E-state index in [1.165, 1.54) is 0 Å². The SMILES string of the molecule is CCN(C(=O)O)c1cc(Cl)cc(Cl)c1. The lowest BCUT2D eigenvalue weighted by Gasteiger charge is -2.17. The summed E-state index contributed by atoms with van der Waals surface area (Å²) < 4.78 is 0. The van der Waals surface area contributed by atoms with Gasteiger partial charge in [-0.2, -0.15) is 0 Å². The van der Waals surface area contributed by atoms with E-state index in [4.69, 9.17) is 28.3 Å². The average Bonchev–Trinajstić information content (AvgIpc) is 2.02. The molecule has 0 spiro atoms. The molecule has 0 atom stereocenters. The van der Waals surface area contributed by atoms with E-state index in [0.29, 0.717) is 22.3 Å². The van der Waals surface area contributed by atoms with E-state index >= 15 is 0 Å². The van der Waals surface area contributed by atoms with Gasteiger partial charge in [0.05, 0.1) is 0 Å². The molecule has 0 bridgehead atoms. The Bertz CT molecular complexity index is 334. The summed E-state index contributed by atoms with van der Waals surface area (Å²) in [6.45, 7) is 2.09. The van der Waals surface area contributed by atoms with Gasteiger partial charge >= 0.3 is 6.09 Å². The lowest BCUT2D eigenvalue weighted by atomic mass is 10.3. The number of hydrogen-bond acceptors (Lipinski definition) is 1. The summed E-state index contributed by atoms with van der Waals surface area (Å²) in [5.41, 5.74) is 0.484. The van der Waals surface area contributed by atoms with E-state index in [2.05, 4.69) is 0 Å². The molecule has 0 saturated heterocycles. The van der Waals surface area contributed by atoms with Gasteiger partial charge < -0.3 is 5.11 Å². The van der Waals surface area contributed by atoms with Crippen LogP contribution in [0.1, 0.15) is 6.92 Å². The van der Waals surface area contributed by atoms with E-state index in [9.17, 15) is 4.79 Å². The minimum atomic E-state index is -1.02. The molecule has 0 aromatic heterocycles. The Hall–Kier alpha value is -0.930. The fourth-order valence-electron chi connectivity index (χ4n) is 1.12. The highest BCUT2D eigenvalue weighted by molar-refractivity contribution is 6.35. The first-order valence-corrected chi connectivity index (χ1v) is 4.76. The highest BCUT2D eigenvalue weighted by Gasteiger charge is 2.12. The monoisotopic (exact) mass is 233 g/mol. The topological polar surface area (TPSA) is 40.5 Å². The summed E-state index contributed by atoms with van der Waals surface area (Å²) in [6, 6.07) is 4.68. The van der Waals surface area contributed by atoms with E-state index < -0.39 is 6.09 Å². The molecule has 0 unspecified atom stereocenters. The molecule has 0 heterocycles. The third kappa shape index (κ3) is 2.53. The maximum Gasteiger partial charge on any atom is 0.411 e. The predicted molar refractivity (Wildman–Crippen MR) is 57.5 cm³/mol. The zero-order chi connectivity index (χ0) is 10.7. The van der Waals surface area contributed by atoms with Crippen LogP contribution in [-0.2, 0) is 0 Å². The van der Waals surface area contributed by atoms with Crippen LogP contribution in [-0.4, -0.2) is 17.7 Å². The lowest BCUT2D eigenvalue weighted by molar-refractivity contribution is 0.202. The van der Waals surface area contributed by atoms with Gasteiger partial charge in [0.25, 0.3) is 0 Å². The Labute approximate surface area is 91.8 Å². The molecule has 1 aromatic rings. The van der Waals surface area contributed by atoms with Crippen LogP contribution in [0.5, 0.6) is 0 Å². The quantitative estimate of drug-likeness (QED) is 0.850. The van der Waals surface area contributed by atoms with Crippen molar-refractivity contribution in [2.75, 3.05) is 11.4 Å². The van der Waals surface area contributed by atoms with E-state index in [1.54, 1.807) is 25.1 Å². The molecule has 14 heavy (non-hydrogen) atoms. The molecule has 1 rings (SSSR count). The van der Waals surface area contributed by atoms with Crippen LogP contribution in [0.25, 0.3) is 0 Å². The van der Waals surface area contributed by atoms with Gasteiger partial charge in [-0.05, 0) is 25.1 Å². The van der Waals surface area contributed by atoms with Crippen molar-refractivity contribution < 1.29 is 9.90 Å². The van der Waals surface area contributed by atoms with Crippen molar-refractivity contribution in [1.29, 1.82) is 0 Å². The number of hydrogen-bond donors (Lipinski definition) is 1. The summed E-state index contributed by atoms with van der Waals surface area (Å²) in [4.78, 5) is 12.0. The largest absolute Gasteiger partial charge is 0.465 e. The molecular formula is C9H9Cl2NO2.